The first kappa shape index (κ1) is 20.7. The fourth-order valence-corrected chi connectivity index (χ4v) is 3.28. The van der Waals surface area contributed by atoms with Gasteiger partial charge in [-0.3, -0.25) is 4.99 Å². The summed E-state index contributed by atoms with van der Waals surface area (Å²) in [6, 6.07) is 12.5. The minimum atomic E-state index is 0.811. The van der Waals surface area contributed by atoms with Crippen molar-refractivity contribution >= 4 is 22.7 Å². The largest absolute Gasteiger partial charge is 0.370 e. The van der Waals surface area contributed by atoms with Crippen LogP contribution in [0.15, 0.2) is 53.8 Å². The molecule has 29 heavy (non-hydrogen) atoms. The maximum absolute atomic E-state index is 4.69. The fraction of sp³-hybridized carbons (Fsp3) is 0.391. The molecule has 154 valence electrons. The molecule has 0 radical (unpaired) electrons. The summed E-state index contributed by atoms with van der Waals surface area (Å²) in [5, 5.41) is 11.4. The highest BCUT2D eigenvalue weighted by atomic mass is 15.2. The number of nitrogens with one attached hydrogen (secondary N) is 4. The number of guanidine groups is 1. The summed E-state index contributed by atoms with van der Waals surface area (Å²) in [4.78, 5) is 12.3. The van der Waals surface area contributed by atoms with Gasteiger partial charge in [0.05, 0.1) is 0 Å². The van der Waals surface area contributed by atoms with Crippen molar-refractivity contribution in [2.75, 3.05) is 31.5 Å². The predicted molar refractivity (Wildman–Crippen MR) is 123 cm³/mol. The highest BCUT2D eigenvalue weighted by molar-refractivity contribution is 5.84. The van der Waals surface area contributed by atoms with Crippen LogP contribution in [0.1, 0.15) is 30.9 Å². The molecular formula is C23H32N6. The predicted octanol–water partition coefficient (Wildman–Crippen LogP) is 3.86. The summed E-state index contributed by atoms with van der Waals surface area (Å²) in [7, 11) is 0. The molecule has 0 spiro atoms. The lowest BCUT2D eigenvalue weighted by Gasteiger charge is -2.11. The van der Waals surface area contributed by atoms with Crippen molar-refractivity contribution in [2.24, 2.45) is 4.99 Å². The molecule has 6 heteroatoms. The zero-order chi connectivity index (χ0) is 20.3. The number of unbranched alkanes of at least 4 members (excludes halogenated alkanes) is 1. The molecule has 0 aliphatic carbocycles. The Labute approximate surface area is 173 Å². The van der Waals surface area contributed by atoms with E-state index in [0.29, 0.717) is 0 Å². The number of rotatable bonds is 10. The average molecular weight is 393 g/mol. The van der Waals surface area contributed by atoms with E-state index in [4.69, 9.17) is 4.99 Å². The summed E-state index contributed by atoms with van der Waals surface area (Å²) >= 11 is 0. The monoisotopic (exact) mass is 392 g/mol. The smallest absolute Gasteiger partial charge is 0.191 e. The summed E-state index contributed by atoms with van der Waals surface area (Å²) in [5.74, 6) is 1.82. The van der Waals surface area contributed by atoms with Crippen LogP contribution in [0, 0.1) is 6.92 Å². The standard InChI is InChI=1S/C23H32N6/c1-3-24-23(27-14-7-6-13-26-22-8-4-5-12-25-22)28-15-11-19-17-29-21-16-18(2)9-10-20(19)21/h4-5,8-10,12,16-17,29H,3,6-7,11,13-15H2,1-2H3,(H,25,26)(H2,24,27,28). The number of H-pyrrole nitrogens is 1. The number of aliphatic imine (C=N–C) groups is 1. The quantitative estimate of drug-likeness (QED) is 0.240. The summed E-state index contributed by atoms with van der Waals surface area (Å²) in [6.45, 7) is 7.65. The van der Waals surface area contributed by atoms with Crippen LogP contribution in [0.2, 0.25) is 0 Å². The van der Waals surface area contributed by atoms with Gasteiger partial charge in [-0.05, 0) is 62.4 Å². The molecule has 0 amide bonds. The highest BCUT2D eigenvalue weighted by Crippen LogP contribution is 2.19. The molecule has 1 aromatic carbocycles. The third-order valence-electron chi connectivity index (χ3n) is 4.78. The number of anilines is 1. The first-order valence-corrected chi connectivity index (χ1v) is 10.5. The Balaban J connectivity index is 1.39. The van der Waals surface area contributed by atoms with Crippen LogP contribution < -0.4 is 16.0 Å². The van der Waals surface area contributed by atoms with Gasteiger partial charge < -0.3 is 20.9 Å². The Hall–Kier alpha value is -3.02. The van der Waals surface area contributed by atoms with Crippen molar-refractivity contribution in [1.29, 1.82) is 0 Å². The molecule has 0 aliphatic heterocycles. The van der Waals surface area contributed by atoms with Crippen LogP contribution in [0.3, 0.4) is 0 Å². The van der Waals surface area contributed by atoms with E-state index in [9.17, 15) is 0 Å². The van der Waals surface area contributed by atoms with Gasteiger partial charge in [0.2, 0.25) is 0 Å². The van der Waals surface area contributed by atoms with E-state index in [1.807, 2.05) is 18.2 Å². The molecule has 3 aromatic rings. The van der Waals surface area contributed by atoms with Crippen molar-refractivity contribution in [1.82, 2.24) is 20.6 Å². The molecular weight excluding hydrogens is 360 g/mol. The van der Waals surface area contributed by atoms with Gasteiger partial charge in [0.1, 0.15) is 5.82 Å². The Bertz CT molecular complexity index is 900. The fourth-order valence-electron chi connectivity index (χ4n) is 3.28. The van der Waals surface area contributed by atoms with E-state index in [2.05, 4.69) is 64.2 Å². The van der Waals surface area contributed by atoms with E-state index in [1.54, 1.807) is 6.20 Å². The zero-order valence-electron chi connectivity index (χ0n) is 17.5. The molecule has 3 rings (SSSR count). The molecule has 0 fully saturated rings. The minimum absolute atomic E-state index is 0.811. The second-order valence-electron chi connectivity index (χ2n) is 7.15. The van der Waals surface area contributed by atoms with Gasteiger partial charge >= 0.3 is 0 Å². The topological polar surface area (TPSA) is 77.1 Å². The number of pyridine rings is 1. The van der Waals surface area contributed by atoms with Crippen LogP contribution in [-0.4, -0.2) is 42.1 Å². The molecule has 0 saturated heterocycles. The van der Waals surface area contributed by atoms with Gasteiger partial charge in [0.15, 0.2) is 5.96 Å². The van der Waals surface area contributed by atoms with E-state index >= 15 is 0 Å². The maximum atomic E-state index is 4.69. The highest BCUT2D eigenvalue weighted by Gasteiger charge is 2.04. The summed E-state index contributed by atoms with van der Waals surface area (Å²) in [5.41, 5.74) is 3.82. The number of benzene rings is 1. The van der Waals surface area contributed by atoms with Gasteiger partial charge in [-0.15, -0.1) is 0 Å². The number of hydrogen-bond acceptors (Lipinski definition) is 3. The third kappa shape index (κ3) is 6.52. The van der Waals surface area contributed by atoms with Crippen LogP contribution >= 0.6 is 0 Å². The molecule has 4 N–H and O–H groups in total. The molecule has 6 nitrogen and oxygen atoms in total. The van der Waals surface area contributed by atoms with Crippen molar-refractivity contribution < 1.29 is 0 Å². The Kier molecular flexibility index (Phi) is 7.92. The molecule has 0 aliphatic rings. The summed E-state index contributed by atoms with van der Waals surface area (Å²) < 4.78 is 0. The molecule has 0 saturated carbocycles. The second kappa shape index (κ2) is 11.1. The molecule has 0 bridgehead atoms. The summed E-state index contributed by atoms with van der Waals surface area (Å²) in [6.07, 6.45) is 6.98. The van der Waals surface area contributed by atoms with E-state index < -0.39 is 0 Å². The van der Waals surface area contributed by atoms with Crippen molar-refractivity contribution in [3.63, 3.8) is 0 Å². The number of nitrogens with zero attached hydrogens (tertiary/aromatic N) is 2. The first-order valence-electron chi connectivity index (χ1n) is 10.5. The molecule has 0 atom stereocenters. The lowest BCUT2D eigenvalue weighted by atomic mass is 10.1. The van der Waals surface area contributed by atoms with Crippen LogP contribution in [-0.2, 0) is 6.42 Å². The van der Waals surface area contributed by atoms with Gasteiger partial charge in [0, 0.05) is 49.5 Å². The first-order chi connectivity index (χ1) is 14.3. The number of aromatic nitrogens is 2. The van der Waals surface area contributed by atoms with Crippen LogP contribution in [0.5, 0.6) is 0 Å². The van der Waals surface area contributed by atoms with Crippen LogP contribution in [0.4, 0.5) is 5.82 Å². The average Bonchev–Trinajstić information content (AvgIpc) is 3.13. The Morgan fingerprint density at radius 2 is 2.03 bits per heavy atom. The minimum Gasteiger partial charge on any atom is -0.370 e. The lowest BCUT2D eigenvalue weighted by Crippen LogP contribution is -2.38. The molecule has 2 heterocycles. The Morgan fingerprint density at radius 3 is 2.86 bits per heavy atom. The second-order valence-corrected chi connectivity index (χ2v) is 7.15. The third-order valence-corrected chi connectivity index (χ3v) is 4.78. The Morgan fingerprint density at radius 1 is 1.10 bits per heavy atom. The van der Waals surface area contributed by atoms with E-state index in [1.165, 1.54) is 22.0 Å². The van der Waals surface area contributed by atoms with Crippen LogP contribution in [0.25, 0.3) is 10.9 Å². The SMILES string of the molecule is CCNC(=NCCCCNc1ccccn1)NCCc1c[nH]c2cc(C)ccc12. The number of aryl methyl sites for hydroxylation is 1. The van der Waals surface area contributed by atoms with Crippen molar-refractivity contribution in [3.05, 3.63) is 59.9 Å². The number of fused-ring (bicyclic) bond motifs is 1. The normalized spacial score (nSPS) is 11.6. The molecule has 0 unspecified atom stereocenters. The lowest BCUT2D eigenvalue weighted by molar-refractivity contribution is 0.750. The van der Waals surface area contributed by atoms with Crippen molar-refractivity contribution in [3.8, 4) is 0 Å². The number of hydrogen-bond donors (Lipinski definition) is 4. The van der Waals surface area contributed by atoms with E-state index in [0.717, 1.165) is 57.2 Å². The van der Waals surface area contributed by atoms with Gasteiger partial charge in [0.25, 0.3) is 0 Å². The van der Waals surface area contributed by atoms with Gasteiger partial charge in [-0.1, -0.05) is 18.2 Å². The molecule has 2 aromatic heterocycles. The maximum Gasteiger partial charge on any atom is 0.191 e. The van der Waals surface area contributed by atoms with Gasteiger partial charge in [-0.2, -0.15) is 0 Å². The number of aromatic amines is 1. The van der Waals surface area contributed by atoms with Gasteiger partial charge in [-0.25, -0.2) is 4.98 Å². The van der Waals surface area contributed by atoms with Crippen molar-refractivity contribution in [2.45, 2.75) is 33.1 Å². The van der Waals surface area contributed by atoms with E-state index in [-0.39, 0.29) is 0 Å². The zero-order valence-corrected chi connectivity index (χ0v) is 17.5.